The molecule has 0 atom stereocenters. The molecule has 23 heavy (non-hydrogen) atoms. The van der Waals surface area contributed by atoms with Crippen molar-refractivity contribution in [3.8, 4) is 0 Å². The van der Waals surface area contributed by atoms with Gasteiger partial charge in [-0.15, -0.1) is 0 Å². The molecule has 2 aromatic rings. The molecule has 6 heteroatoms. The lowest BCUT2D eigenvalue weighted by atomic mass is 10.1. The molecule has 0 saturated carbocycles. The monoisotopic (exact) mass is 350 g/mol. The van der Waals surface area contributed by atoms with Crippen LogP contribution >= 0.6 is 23.2 Å². The van der Waals surface area contributed by atoms with E-state index in [1.54, 1.807) is 12.1 Å². The van der Waals surface area contributed by atoms with Gasteiger partial charge >= 0.3 is 0 Å². The van der Waals surface area contributed by atoms with Crippen molar-refractivity contribution < 1.29 is 9.59 Å². The van der Waals surface area contributed by atoms with Crippen LogP contribution in [-0.4, -0.2) is 11.8 Å². The minimum absolute atomic E-state index is 0.283. The van der Waals surface area contributed by atoms with E-state index in [1.165, 1.54) is 6.07 Å². The van der Waals surface area contributed by atoms with Gasteiger partial charge in [-0.1, -0.05) is 53.0 Å². The van der Waals surface area contributed by atoms with Gasteiger partial charge in [-0.05, 0) is 30.7 Å². The third-order valence-corrected chi connectivity index (χ3v) is 3.70. The van der Waals surface area contributed by atoms with Gasteiger partial charge < -0.3 is 10.6 Å². The number of rotatable bonds is 5. The second-order valence-corrected chi connectivity index (χ2v) is 5.96. The van der Waals surface area contributed by atoms with E-state index in [-0.39, 0.29) is 12.3 Å². The summed E-state index contributed by atoms with van der Waals surface area (Å²) in [5.41, 5.74) is 2.51. The Balaban J connectivity index is 1.83. The third kappa shape index (κ3) is 5.58. The zero-order valence-corrected chi connectivity index (χ0v) is 14.0. The summed E-state index contributed by atoms with van der Waals surface area (Å²) >= 11 is 11.8. The molecular weight excluding hydrogens is 335 g/mol. The molecule has 0 unspecified atom stereocenters. The Bertz CT molecular complexity index is 715. The molecule has 4 nitrogen and oxygen atoms in total. The second-order valence-electron chi connectivity index (χ2n) is 5.11. The zero-order valence-electron chi connectivity index (χ0n) is 12.5. The van der Waals surface area contributed by atoms with Gasteiger partial charge in [0.05, 0.1) is 10.7 Å². The van der Waals surface area contributed by atoms with Crippen LogP contribution < -0.4 is 10.6 Å². The number of nitrogens with one attached hydrogen (secondary N) is 2. The summed E-state index contributed by atoms with van der Waals surface area (Å²) in [5, 5.41) is 6.09. The highest BCUT2D eigenvalue weighted by Gasteiger charge is 2.11. The Labute approximate surface area is 144 Å². The lowest BCUT2D eigenvalue weighted by Crippen LogP contribution is -2.27. The molecule has 0 spiro atoms. The van der Waals surface area contributed by atoms with Gasteiger partial charge in [-0.25, -0.2) is 0 Å². The second kappa shape index (κ2) is 7.99. The van der Waals surface area contributed by atoms with Crippen molar-refractivity contribution in [3.05, 3.63) is 63.6 Å². The highest BCUT2D eigenvalue weighted by Crippen LogP contribution is 2.25. The zero-order chi connectivity index (χ0) is 16.8. The summed E-state index contributed by atoms with van der Waals surface area (Å²) in [6, 6.07) is 12.5. The molecule has 2 aromatic carbocycles. The van der Waals surface area contributed by atoms with Crippen LogP contribution in [-0.2, 0) is 16.1 Å². The number of hydrogen-bond acceptors (Lipinski definition) is 2. The van der Waals surface area contributed by atoms with Crippen LogP contribution in [0.5, 0.6) is 0 Å². The molecule has 2 rings (SSSR count). The number of amides is 2. The summed E-state index contributed by atoms with van der Waals surface area (Å²) in [6.45, 7) is 2.37. The lowest BCUT2D eigenvalue weighted by Gasteiger charge is -2.08. The standard InChI is InChI=1S/C17H16Cl2N2O2/c1-11-2-4-12(5-3-11)10-20-16(22)9-17(23)21-15-8-13(18)6-7-14(15)19/h2-8H,9-10H2,1H3,(H,20,22)(H,21,23). The quantitative estimate of drug-likeness (QED) is 0.802. The molecule has 0 aliphatic heterocycles. The number of aryl methyl sites for hydroxylation is 1. The molecular formula is C17H16Cl2N2O2. The van der Waals surface area contributed by atoms with Crippen molar-refractivity contribution in [3.63, 3.8) is 0 Å². The molecule has 0 fully saturated rings. The van der Waals surface area contributed by atoms with E-state index in [2.05, 4.69) is 10.6 Å². The smallest absolute Gasteiger partial charge is 0.233 e. The summed E-state index contributed by atoms with van der Waals surface area (Å²) in [7, 11) is 0. The maximum Gasteiger partial charge on any atom is 0.233 e. The van der Waals surface area contributed by atoms with Crippen molar-refractivity contribution in [2.45, 2.75) is 19.9 Å². The SMILES string of the molecule is Cc1ccc(CNC(=O)CC(=O)Nc2cc(Cl)ccc2Cl)cc1. The van der Waals surface area contributed by atoms with Gasteiger partial charge in [0.25, 0.3) is 0 Å². The van der Waals surface area contributed by atoms with Crippen LogP contribution in [0.1, 0.15) is 17.5 Å². The van der Waals surface area contributed by atoms with E-state index in [9.17, 15) is 9.59 Å². The van der Waals surface area contributed by atoms with Gasteiger partial charge in [-0.3, -0.25) is 9.59 Å². The molecule has 2 amide bonds. The fourth-order valence-electron chi connectivity index (χ4n) is 1.90. The van der Waals surface area contributed by atoms with Crippen molar-refractivity contribution in [2.75, 3.05) is 5.32 Å². The molecule has 0 aromatic heterocycles. The first-order chi connectivity index (χ1) is 10.9. The van der Waals surface area contributed by atoms with Crippen LogP contribution in [0, 0.1) is 6.92 Å². The molecule has 0 saturated heterocycles. The first kappa shape index (κ1) is 17.3. The average molecular weight is 351 g/mol. The van der Waals surface area contributed by atoms with E-state index in [0.29, 0.717) is 22.3 Å². The number of carbonyl (C=O) groups excluding carboxylic acids is 2. The number of halogens is 2. The van der Waals surface area contributed by atoms with E-state index in [1.807, 2.05) is 31.2 Å². The van der Waals surface area contributed by atoms with Crippen molar-refractivity contribution in [2.24, 2.45) is 0 Å². The van der Waals surface area contributed by atoms with E-state index >= 15 is 0 Å². The summed E-state index contributed by atoms with van der Waals surface area (Å²) in [4.78, 5) is 23.7. The van der Waals surface area contributed by atoms with Crippen LogP contribution in [0.4, 0.5) is 5.69 Å². The predicted molar refractivity (Wildman–Crippen MR) is 92.7 cm³/mol. The average Bonchev–Trinajstić information content (AvgIpc) is 2.50. The van der Waals surface area contributed by atoms with Gasteiger partial charge in [0, 0.05) is 11.6 Å². The van der Waals surface area contributed by atoms with Crippen molar-refractivity contribution in [1.29, 1.82) is 0 Å². The first-order valence-corrected chi connectivity index (χ1v) is 7.77. The van der Waals surface area contributed by atoms with Crippen molar-refractivity contribution >= 4 is 40.7 Å². The maximum absolute atomic E-state index is 11.9. The summed E-state index contributed by atoms with van der Waals surface area (Å²) in [6.07, 6.45) is -0.283. The van der Waals surface area contributed by atoms with E-state index < -0.39 is 5.91 Å². The molecule has 0 bridgehead atoms. The lowest BCUT2D eigenvalue weighted by molar-refractivity contribution is -0.126. The molecule has 0 radical (unpaired) electrons. The normalized spacial score (nSPS) is 10.2. The number of carbonyl (C=O) groups is 2. The Morgan fingerprint density at radius 2 is 1.70 bits per heavy atom. The van der Waals surface area contributed by atoms with Gasteiger partial charge in [0.2, 0.25) is 11.8 Å². The number of anilines is 1. The van der Waals surface area contributed by atoms with E-state index in [0.717, 1.165) is 11.1 Å². The fraction of sp³-hybridized carbons (Fsp3) is 0.176. The highest BCUT2D eigenvalue weighted by molar-refractivity contribution is 6.35. The number of hydrogen-bond donors (Lipinski definition) is 2. The third-order valence-electron chi connectivity index (χ3n) is 3.13. The van der Waals surface area contributed by atoms with Crippen LogP contribution in [0.3, 0.4) is 0 Å². The Kier molecular flexibility index (Phi) is 6.02. The minimum atomic E-state index is -0.449. The van der Waals surface area contributed by atoms with Gasteiger partial charge in [0.15, 0.2) is 0 Å². The topological polar surface area (TPSA) is 58.2 Å². The molecule has 120 valence electrons. The minimum Gasteiger partial charge on any atom is -0.352 e. The molecule has 0 aliphatic carbocycles. The Morgan fingerprint density at radius 1 is 1.00 bits per heavy atom. The Morgan fingerprint density at radius 3 is 2.39 bits per heavy atom. The fourth-order valence-corrected chi connectivity index (χ4v) is 2.24. The van der Waals surface area contributed by atoms with Crippen LogP contribution in [0.15, 0.2) is 42.5 Å². The largest absolute Gasteiger partial charge is 0.352 e. The Hall–Kier alpha value is -2.04. The summed E-state index contributed by atoms with van der Waals surface area (Å²) in [5.74, 6) is -0.809. The molecule has 0 heterocycles. The highest BCUT2D eigenvalue weighted by atomic mass is 35.5. The number of benzene rings is 2. The van der Waals surface area contributed by atoms with Gasteiger partial charge in [0.1, 0.15) is 6.42 Å². The predicted octanol–water partition coefficient (Wildman–Crippen LogP) is 3.95. The molecule has 0 aliphatic rings. The first-order valence-electron chi connectivity index (χ1n) is 7.01. The van der Waals surface area contributed by atoms with Crippen LogP contribution in [0.25, 0.3) is 0 Å². The van der Waals surface area contributed by atoms with Crippen LogP contribution in [0.2, 0.25) is 10.0 Å². The maximum atomic E-state index is 11.9. The summed E-state index contributed by atoms with van der Waals surface area (Å²) < 4.78 is 0. The van der Waals surface area contributed by atoms with Crippen molar-refractivity contribution in [1.82, 2.24) is 5.32 Å². The van der Waals surface area contributed by atoms with E-state index in [4.69, 9.17) is 23.2 Å². The van der Waals surface area contributed by atoms with Gasteiger partial charge in [-0.2, -0.15) is 0 Å². The molecule has 2 N–H and O–H groups in total.